The number of rotatable bonds is 7. The Hall–Kier alpha value is -0.220. The summed E-state index contributed by atoms with van der Waals surface area (Å²) in [6.45, 7) is 3.84. The van der Waals surface area contributed by atoms with Crippen LogP contribution in [0.2, 0.25) is 5.02 Å². The second-order valence-electron chi connectivity index (χ2n) is 3.62. The summed E-state index contributed by atoms with van der Waals surface area (Å²) in [5.74, 6) is 1.04. The van der Waals surface area contributed by atoms with E-state index in [2.05, 4.69) is 18.3 Å². The molecule has 0 saturated heterocycles. The quantitative estimate of drug-likeness (QED) is 0.601. The van der Waals surface area contributed by atoms with E-state index < -0.39 is 0 Å². The number of halogens is 1. The van der Waals surface area contributed by atoms with Gasteiger partial charge in [-0.25, -0.2) is 0 Å². The van der Waals surface area contributed by atoms with E-state index in [1.807, 2.05) is 18.2 Å². The van der Waals surface area contributed by atoms with Crippen LogP contribution in [0.1, 0.15) is 6.92 Å². The van der Waals surface area contributed by atoms with Crippen LogP contribution in [-0.4, -0.2) is 32.1 Å². The van der Waals surface area contributed by atoms with Gasteiger partial charge >= 0.3 is 0 Å². The summed E-state index contributed by atoms with van der Waals surface area (Å²) in [7, 11) is 1.72. The number of ether oxygens (including phenoxy) is 1. The zero-order valence-electron chi connectivity index (χ0n) is 9.70. The molecule has 1 N–H and O–H groups in total. The summed E-state index contributed by atoms with van der Waals surface area (Å²) in [5.41, 5.74) is 0. The maximum atomic E-state index is 5.90. The molecule has 4 heteroatoms. The van der Waals surface area contributed by atoms with E-state index in [1.54, 1.807) is 18.9 Å². The molecule has 0 aliphatic carbocycles. The van der Waals surface area contributed by atoms with E-state index >= 15 is 0 Å². The smallest absolute Gasteiger partial charge is 0.0613 e. The van der Waals surface area contributed by atoms with Crippen molar-refractivity contribution < 1.29 is 4.74 Å². The van der Waals surface area contributed by atoms with E-state index in [0.29, 0.717) is 6.04 Å². The molecule has 0 radical (unpaired) electrons. The lowest BCUT2D eigenvalue weighted by Gasteiger charge is -2.12. The number of hydrogen-bond acceptors (Lipinski definition) is 3. The van der Waals surface area contributed by atoms with Crippen LogP contribution < -0.4 is 5.32 Å². The van der Waals surface area contributed by atoms with Gasteiger partial charge in [0.25, 0.3) is 0 Å². The molecular weight excluding hydrogens is 242 g/mol. The first-order valence-corrected chi connectivity index (χ1v) is 6.69. The van der Waals surface area contributed by atoms with Crippen LogP contribution in [0.4, 0.5) is 0 Å². The fourth-order valence-corrected chi connectivity index (χ4v) is 2.44. The van der Waals surface area contributed by atoms with Crippen LogP contribution in [-0.2, 0) is 4.74 Å². The molecule has 1 unspecified atom stereocenters. The van der Waals surface area contributed by atoms with E-state index in [-0.39, 0.29) is 0 Å². The van der Waals surface area contributed by atoms with Gasteiger partial charge in [0, 0.05) is 35.4 Å². The Bertz CT molecular complexity index is 309. The normalized spacial score (nSPS) is 12.7. The molecule has 0 amide bonds. The Morgan fingerprint density at radius 2 is 2.31 bits per heavy atom. The fourth-order valence-electron chi connectivity index (χ4n) is 1.34. The zero-order chi connectivity index (χ0) is 11.8. The van der Waals surface area contributed by atoms with E-state index in [9.17, 15) is 0 Å². The topological polar surface area (TPSA) is 21.3 Å². The van der Waals surface area contributed by atoms with Crippen LogP contribution >= 0.6 is 23.4 Å². The van der Waals surface area contributed by atoms with E-state index in [1.165, 1.54) is 4.90 Å². The molecule has 0 spiro atoms. The Kier molecular flexibility index (Phi) is 6.88. The maximum absolute atomic E-state index is 5.90. The van der Waals surface area contributed by atoms with Crippen molar-refractivity contribution in [2.24, 2.45) is 0 Å². The van der Waals surface area contributed by atoms with Crippen LogP contribution in [0.25, 0.3) is 0 Å². The van der Waals surface area contributed by atoms with Gasteiger partial charge in [0.15, 0.2) is 0 Å². The Morgan fingerprint density at radius 1 is 1.50 bits per heavy atom. The summed E-state index contributed by atoms with van der Waals surface area (Å²) in [6.07, 6.45) is 0. The monoisotopic (exact) mass is 259 g/mol. The molecule has 1 rings (SSSR count). The molecule has 1 atom stereocenters. The summed E-state index contributed by atoms with van der Waals surface area (Å²) >= 11 is 7.71. The largest absolute Gasteiger partial charge is 0.383 e. The molecule has 0 heterocycles. The number of thioether (sulfide) groups is 1. The summed E-state index contributed by atoms with van der Waals surface area (Å²) < 4.78 is 5.05. The van der Waals surface area contributed by atoms with Crippen LogP contribution in [0.3, 0.4) is 0 Å². The highest BCUT2D eigenvalue weighted by atomic mass is 35.5. The van der Waals surface area contributed by atoms with Crippen molar-refractivity contribution in [2.75, 3.05) is 26.0 Å². The van der Waals surface area contributed by atoms with Gasteiger partial charge in [-0.1, -0.05) is 17.7 Å². The standard InChI is InChI=1S/C12H18ClNOS/c1-10(9-15-2)14-6-7-16-12-5-3-4-11(13)8-12/h3-5,8,10,14H,6-7,9H2,1-2H3. The molecule has 16 heavy (non-hydrogen) atoms. The Labute approximate surface area is 107 Å². The lowest BCUT2D eigenvalue weighted by molar-refractivity contribution is 0.173. The SMILES string of the molecule is COCC(C)NCCSc1cccc(Cl)c1. The molecular formula is C12H18ClNOS. The molecule has 1 aromatic rings. The highest BCUT2D eigenvalue weighted by Crippen LogP contribution is 2.20. The minimum absolute atomic E-state index is 0.407. The number of nitrogens with one attached hydrogen (secondary N) is 1. The first-order chi connectivity index (χ1) is 7.72. The third kappa shape index (κ3) is 5.75. The number of hydrogen-bond donors (Lipinski definition) is 1. The third-order valence-corrected chi connectivity index (χ3v) is 3.31. The highest BCUT2D eigenvalue weighted by molar-refractivity contribution is 7.99. The molecule has 0 aliphatic rings. The van der Waals surface area contributed by atoms with Crippen LogP contribution in [0.5, 0.6) is 0 Å². The lowest BCUT2D eigenvalue weighted by Crippen LogP contribution is -2.31. The third-order valence-electron chi connectivity index (χ3n) is 2.08. The van der Waals surface area contributed by atoms with Gasteiger partial charge < -0.3 is 10.1 Å². The average molecular weight is 260 g/mol. The van der Waals surface area contributed by atoms with Gasteiger partial charge in [-0.2, -0.15) is 0 Å². The van der Waals surface area contributed by atoms with Gasteiger partial charge in [-0.15, -0.1) is 11.8 Å². The number of methoxy groups -OCH3 is 1. The predicted molar refractivity (Wildman–Crippen MR) is 71.5 cm³/mol. The average Bonchev–Trinajstić information content (AvgIpc) is 2.25. The second kappa shape index (κ2) is 7.96. The van der Waals surface area contributed by atoms with Crippen molar-refractivity contribution in [3.05, 3.63) is 29.3 Å². The van der Waals surface area contributed by atoms with Gasteiger partial charge in [0.2, 0.25) is 0 Å². The molecule has 0 aromatic heterocycles. The van der Waals surface area contributed by atoms with Gasteiger partial charge in [-0.05, 0) is 25.1 Å². The molecule has 0 saturated carbocycles. The minimum atomic E-state index is 0.407. The van der Waals surface area contributed by atoms with Crippen molar-refractivity contribution in [3.63, 3.8) is 0 Å². The minimum Gasteiger partial charge on any atom is -0.383 e. The predicted octanol–water partition coefficient (Wildman–Crippen LogP) is 3.06. The van der Waals surface area contributed by atoms with E-state index in [0.717, 1.165) is 23.9 Å². The van der Waals surface area contributed by atoms with Crippen molar-refractivity contribution >= 4 is 23.4 Å². The Balaban J connectivity index is 2.16. The van der Waals surface area contributed by atoms with Crippen molar-refractivity contribution in [3.8, 4) is 0 Å². The van der Waals surface area contributed by atoms with Crippen molar-refractivity contribution in [1.29, 1.82) is 0 Å². The first kappa shape index (κ1) is 13.8. The molecule has 90 valence electrons. The molecule has 2 nitrogen and oxygen atoms in total. The van der Waals surface area contributed by atoms with Gasteiger partial charge in [-0.3, -0.25) is 0 Å². The molecule has 0 fully saturated rings. The van der Waals surface area contributed by atoms with E-state index in [4.69, 9.17) is 16.3 Å². The maximum Gasteiger partial charge on any atom is 0.0613 e. The Morgan fingerprint density at radius 3 is 3.00 bits per heavy atom. The zero-order valence-corrected chi connectivity index (χ0v) is 11.3. The van der Waals surface area contributed by atoms with Crippen molar-refractivity contribution in [1.82, 2.24) is 5.32 Å². The summed E-state index contributed by atoms with van der Waals surface area (Å²) in [5, 5.41) is 4.19. The van der Waals surface area contributed by atoms with Crippen molar-refractivity contribution in [2.45, 2.75) is 17.9 Å². The van der Waals surface area contributed by atoms with Gasteiger partial charge in [0.1, 0.15) is 0 Å². The summed E-state index contributed by atoms with van der Waals surface area (Å²) in [6, 6.07) is 8.35. The fraction of sp³-hybridized carbons (Fsp3) is 0.500. The molecule has 0 aliphatic heterocycles. The molecule has 0 bridgehead atoms. The highest BCUT2D eigenvalue weighted by Gasteiger charge is 1.99. The number of benzene rings is 1. The lowest BCUT2D eigenvalue weighted by atomic mass is 10.4. The summed E-state index contributed by atoms with van der Waals surface area (Å²) in [4.78, 5) is 1.22. The van der Waals surface area contributed by atoms with Crippen LogP contribution in [0, 0.1) is 0 Å². The van der Waals surface area contributed by atoms with Gasteiger partial charge in [0.05, 0.1) is 6.61 Å². The molecule has 1 aromatic carbocycles. The van der Waals surface area contributed by atoms with Crippen LogP contribution in [0.15, 0.2) is 29.2 Å². The first-order valence-electron chi connectivity index (χ1n) is 5.33. The second-order valence-corrected chi connectivity index (χ2v) is 5.22.